The van der Waals surface area contributed by atoms with Gasteiger partial charge in [0.2, 0.25) is 5.56 Å². The molecule has 0 aliphatic heterocycles. The third-order valence-corrected chi connectivity index (χ3v) is 4.96. The fourth-order valence-corrected chi connectivity index (χ4v) is 3.55. The molecule has 0 bridgehead atoms. The van der Waals surface area contributed by atoms with Crippen LogP contribution in [0.3, 0.4) is 0 Å². The van der Waals surface area contributed by atoms with Crippen molar-refractivity contribution in [3.8, 4) is 0 Å². The standard InChI is InChI=1S/C18H16ClF4N3O2/c1-26(17(28)24-9-5-6-12(20)11(19)7-9)14-4-2-3-13-16(14)10(18(21,22)23)8-15(27)25-13/h5-8,14H,2-4H2,1H3,(H,24,28)(H,25,27). The number of urea groups is 1. The number of hydrogen-bond donors (Lipinski definition) is 2. The Morgan fingerprint density at radius 1 is 1.32 bits per heavy atom. The van der Waals surface area contributed by atoms with Crippen LogP contribution < -0.4 is 10.9 Å². The molecule has 1 aromatic carbocycles. The number of hydrogen-bond acceptors (Lipinski definition) is 2. The number of nitrogens with one attached hydrogen (secondary N) is 2. The molecule has 0 spiro atoms. The molecule has 1 aliphatic carbocycles. The van der Waals surface area contributed by atoms with Gasteiger partial charge < -0.3 is 15.2 Å². The van der Waals surface area contributed by atoms with E-state index in [9.17, 15) is 27.2 Å². The van der Waals surface area contributed by atoms with Crippen LogP contribution >= 0.6 is 11.6 Å². The first-order valence-electron chi connectivity index (χ1n) is 8.40. The van der Waals surface area contributed by atoms with Crippen LogP contribution in [-0.2, 0) is 12.6 Å². The summed E-state index contributed by atoms with van der Waals surface area (Å²) in [4.78, 5) is 27.8. The average molecular weight is 418 g/mol. The highest BCUT2D eigenvalue weighted by atomic mass is 35.5. The fourth-order valence-electron chi connectivity index (χ4n) is 3.37. The molecular weight excluding hydrogens is 402 g/mol. The lowest BCUT2D eigenvalue weighted by Gasteiger charge is -2.34. The topological polar surface area (TPSA) is 65.2 Å². The maximum absolute atomic E-state index is 13.5. The molecule has 2 aromatic rings. The summed E-state index contributed by atoms with van der Waals surface area (Å²) in [6.07, 6.45) is -3.63. The fraction of sp³-hybridized carbons (Fsp3) is 0.333. The number of rotatable bonds is 2. The van der Waals surface area contributed by atoms with Gasteiger partial charge in [-0.05, 0) is 37.5 Å². The lowest BCUT2D eigenvalue weighted by molar-refractivity contribution is -0.139. The number of aromatic nitrogens is 1. The Balaban J connectivity index is 1.93. The Morgan fingerprint density at radius 2 is 2.04 bits per heavy atom. The number of fused-ring (bicyclic) bond motifs is 1. The van der Waals surface area contributed by atoms with Gasteiger partial charge in [0.1, 0.15) is 5.82 Å². The molecule has 1 heterocycles. The second kappa shape index (κ2) is 7.46. The van der Waals surface area contributed by atoms with Crippen molar-refractivity contribution in [1.82, 2.24) is 9.88 Å². The Morgan fingerprint density at radius 3 is 2.68 bits per heavy atom. The van der Waals surface area contributed by atoms with Crippen molar-refractivity contribution in [3.63, 3.8) is 0 Å². The van der Waals surface area contributed by atoms with Gasteiger partial charge in [0.05, 0.1) is 16.6 Å². The normalized spacial score (nSPS) is 16.4. The second-order valence-electron chi connectivity index (χ2n) is 6.52. The van der Waals surface area contributed by atoms with Crippen molar-refractivity contribution >= 4 is 23.3 Å². The average Bonchev–Trinajstić information content (AvgIpc) is 2.62. The molecule has 1 aromatic heterocycles. The van der Waals surface area contributed by atoms with Crippen LogP contribution in [0, 0.1) is 5.82 Å². The van der Waals surface area contributed by atoms with Gasteiger partial charge in [-0.1, -0.05) is 11.6 Å². The summed E-state index contributed by atoms with van der Waals surface area (Å²) in [6, 6.07) is 2.52. The minimum atomic E-state index is -4.73. The first-order valence-corrected chi connectivity index (χ1v) is 8.78. The number of aryl methyl sites for hydroxylation is 1. The van der Waals surface area contributed by atoms with E-state index in [1.54, 1.807) is 0 Å². The number of halogens is 5. The summed E-state index contributed by atoms with van der Waals surface area (Å²) < 4.78 is 53.8. The first kappa shape index (κ1) is 20.2. The van der Waals surface area contributed by atoms with Gasteiger partial charge in [0, 0.05) is 30.1 Å². The smallest absolute Gasteiger partial charge is 0.326 e. The number of carbonyl (C=O) groups excluding carboxylic acids is 1. The lowest BCUT2D eigenvalue weighted by Crippen LogP contribution is -2.38. The molecule has 3 rings (SSSR count). The number of amides is 2. The molecule has 0 saturated heterocycles. The van der Waals surface area contributed by atoms with Gasteiger partial charge in [-0.25, -0.2) is 9.18 Å². The van der Waals surface area contributed by atoms with Crippen LogP contribution in [0.5, 0.6) is 0 Å². The third kappa shape index (κ3) is 3.99. The van der Waals surface area contributed by atoms with Crippen LogP contribution in [-0.4, -0.2) is 23.0 Å². The van der Waals surface area contributed by atoms with E-state index in [1.165, 1.54) is 19.2 Å². The Labute approximate surface area is 162 Å². The van der Waals surface area contributed by atoms with Gasteiger partial charge >= 0.3 is 12.2 Å². The van der Waals surface area contributed by atoms with Gasteiger partial charge in [-0.15, -0.1) is 0 Å². The molecule has 1 unspecified atom stereocenters. The van der Waals surface area contributed by atoms with Crippen molar-refractivity contribution in [3.05, 3.63) is 62.3 Å². The number of aromatic amines is 1. The lowest BCUT2D eigenvalue weighted by atomic mass is 9.87. The summed E-state index contributed by atoms with van der Waals surface area (Å²) in [5, 5.41) is 2.30. The molecule has 5 nitrogen and oxygen atoms in total. The first-order chi connectivity index (χ1) is 13.1. The number of anilines is 1. The predicted octanol–water partition coefficient (Wildman–Crippen LogP) is 4.73. The van der Waals surface area contributed by atoms with E-state index in [2.05, 4.69) is 10.3 Å². The van der Waals surface area contributed by atoms with Gasteiger partial charge in [0.15, 0.2) is 0 Å². The van der Waals surface area contributed by atoms with E-state index in [-0.39, 0.29) is 28.4 Å². The molecule has 0 fully saturated rings. The molecular formula is C18H16ClF4N3O2. The Hall–Kier alpha value is -2.55. The van der Waals surface area contributed by atoms with E-state index >= 15 is 0 Å². The third-order valence-electron chi connectivity index (χ3n) is 4.67. The maximum atomic E-state index is 13.5. The highest BCUT2D eigenvalue weighted by Gasteiger charge is 2.40. The molecule has 1 atom stereocenters. The number of carbonyl (C=O) groups is 1. The van der Waals surface area contributed by atoms with Crippen LogP contribution in [0.4, 0.5) is 28.0 Å². The largest absolute Gasteiger partial charge is 0.417 e. The summed E-state index contributed by atoms with van der Waals surface area (Å²) in [5.74, 6) is -0.659. The zero-order valence-electron chi connectivity index (χ0n) is 14.7. The Kier molecular flexibility index (Phi) is 5.38. The van der Waals surface area contributed by atoms with E-state index in [0.29, 0.717) is 18.9 Å². The number of benzene rings is 1. The van der Waals surface area contributed by atoms with E-state index in [4.69, 9.17) is 11.6 Å². The predicted molar refractivity (Wildman–Crippen MR) is 95.9 cm³/mol. The maximum Gasteiger partial charge on any atom is 0.417 e. The zero-order chi connectivity index (χ0) is 20.6. The number of nitrogens with zero attached hydrogens (tertiary/aromatic N) is 1. The molecule has 2 amide bonds. The number of alkyl halides is 3. The summed E-state index contributed by atoms with van der Waals surface area (Å²) in [6.45, 7) is 0. The molecule has 10 heteroatoms. The summed E-state index contributed by atoms with van der Waals surface area (Å²) in [7, 11) is 1.37. The van der Waals surface area contributed by atoms with Gasteiger partial charge in [0.25, 0.3) is 0 Å². The number of H-pyrrole nitrogens is 1. The van der Waals surface area contributed by atoms with Crippen molar-refractivity contribution in [1.29, 1.82) is 0 Å². The SMILES string of the molecule is CN(C(=O)Nc1ccc(F)c(Cl)c1)C1CCCc2[nH]c(=O)cc(C(F)(F)F)c21. The van der Waals surface area contributed by atoms with Crippen LogP contribution in [0.25, 0.3) is 0 Å². The molecule has 28 heavy (non-hydrogen) atoms. The minimum absolute atomic E-state index is 0.104. The quantitative estimate of drug-likeness (QED) is 0.694. The second-order valence-corrected chi connectivity index (χ2v) is 6.92. The monoisotopic (exact) mass is 417 g/mol. The highest BCUT2D eigenvalue weighted by molar-refractivity contribution is 6.31. The zero-order valence-corrected chi connectivity index (χ0v) is 15.4. The minimum Gasteiger partial charge on any atom is -0.326 e. The van der Waals surface area contributed by atoms with Crippen molar-refractivity contribution in [2.24, 2.45) is 0 Å². The molecule has 0 saturated carbocycles. The van der Waals surface area contributed by atoms with Crippen LogP contribution in [0.2, 0.25) is 5.02 Å². The summed E-state index contributed by atoms with van der Waals surface area (Å²) in [5.41, 5.74) is -1.59. The van der Waals surface area contributed by atoms with Gasteiger partial charge in [-0.3, -0.25) is 4.79 Å². The van der Waals surface area contributed by atoms with Crippen molar-refractivity contribution in [2.75, 3.05) is 12.4 Å². The van der Waals surface area contributed by atoms with Gasteiger partial charge in [-0.2, -0.15) is 13.2 Å². The molecule has 0 radical (unpaired) electrons. The van der Waals surface area contributed by atoms with Crippen molar-refractivity contribution < 1.29 is 22.4 Å². The van der Waals surface area contributed by atoms with E-state index in [0.717, 1.165) is 11.0 Å². The molecule has 150 valence electrons. The highest BCUT2D eigenvalue weighted by Crippen LogP contribution is 2.41. The van der Waals surface area contributed by atoms with E-state index in [1.807, 2.05) is 0 Å². The summed E-state index contributed by atoms with van der Waals surface area (Å²) >= 11 is 5.68. The van der Waals surface area contributed by atoms with Crippen LogP contribution in [0.15, 0.2) is 29.1 Å². The Bertz CT molecular complexity index is 974. The van der Waals surface area contributed by atoms with Crippen LogP contribution in [0.1, 0.15) is 35.7 Å². The molecule has 2 N–H and O–H groups in total. The van der Waals surface area contributed by atoms with Crippen molar-refractivity contribution in [2.45, 2.75) is 31.5 Å². The van der Waals surface area contributed by atoms with E-state index < -0.39 is 35.2 Å². The number of pyridine rings is 1. The molecule has 1 aliphatic rings.